The highest BCUT2D eigenvalue weighted by Crippen LogP contribution is 2.27. The van der Waals surface area contributed by atoms with Crippen LogP contribution in [0.1, 0.15) is 22.3 Å². The topological polar surface area (TPSA) is 51.7 Å². The molecule has 126 valence electrons. The zero-order chi connectivity index (χ0) is 17.0. The van der Waals surface area contributed by atoms with Gasteiger partial charge in [0.15, 0.2) is 0 Å². The maximum absolute atomic E-state index is 12.6. The Hall–Kier alpha value is -2.40. The van der Waals surface area contributed by atoms with Gasteiger partial charge in [0, 0.05) is 31.6 Å². The number of hydrogen-bond acceptors (Lipinski definition) is 4. The molecule has 5 nitrogen and oxygen atoms in total. The normalized spacial score (nSPS) is 20.2. The molecule has 2 aromatic rings. The van der Waals surface area contributed by atoms with Gasteiger partial charge < -0.3 is 14.4 Å². The Bertz CT molecular complexity index is 688. The largest absolute Gasteiger partial charge is 0.491 e. The minimum atomic E-state index is -0.465. The molecule has 24 heavy (non-hydrogen) atoms. The lowest BCUT2D eigenvalue weighted by Gasteiger charge is -2.28. The summed E-state index contributed by atoms with van der Waals surface area (Å²) in [6.07, 6.45) is 4.02. The Balaban J connectivity index is 1.64. The fourth-order valence-electron chi connectivity index (χ4n) is 2.89. The van der Waals surface area contributed by atoms with Crippen LogP contribution in [-0.4, -0.2) is 48.2 Å². The van der Waals surface area contributed by atoms with E-state index >= 15 is 0 Å². The van der Waals surface area contributed by atoms with Gasteiger partial charge in [0.1, 0.15) is 18.0 Å². The van der Waals surface area contributed by atoms with Gasteiger partial charge in [-0.25, -0.2) is 0 Å². The summed E-state index contributed by atoms with van der Waals surface area (Å²) in [7, 11) is 1.68. The minimum absolute atomic E-state index is 0.00617. The van der Waals surface area contributed by atoms with E-state index in [1.54, 1.807) is 31.6 Å². The van der Waals surface area contributed by atoms with Gasteiger partial charge in [0.05, 0.1) is 6.54 Å². The van der Waals surface area contributed by atoms with Crippen LogP contribution in [0.25, 0.3) is 0 Å². The van der Waals surface area contributed by atoms with Crippen molar-refractivity contribution in [2.45, 2.75) is 18.9 Å². The van der Waals surface area contributed by atoms with Crippen molar-refractivity contribution in [2.75, 3.05) is 26.8 Å². The maximum Gasteiger partial charge on any atom is 0.254 e. The van der Waals surface area contributed by atoms with Crippen LogP contribution in [0.4, 0.5) is 0 Å². The maximum atomic E-state index is 12.6. The molecular weight excluding hydrogens is 304 g/mol. The van der Waals surface area contributed by atoms with Gasteiger partial charge in [0.2, 0.25) is 0 Å². The molecule has 1 aliphatic heterocycles. The molecule has 0 aliphatic carbocycles. The molecule has 1 atom stereocenters. The summed E-state index contributed by atoms with van der Waals surface area (Å²) >= 11 is 0. The number of ether oxygens (including phenoxy) is 2. The zero-order valence-corrected chi connectivity index (χ0v) is 14.1. The molecule has 1 fully saturated rings. The van der Waals surface area contributed by atoms with Gasteiger partial charge in [-0.3, -0.25) is 9.78 Å². The predicted octanol–water partition coefficient (Wildman–Crippen LogP) is 2.70. The minimum Gasteiger partial charge on any atom is -0.491 e. The second-order valence-electron chi connectivity index (χ2n) is 6.20. The second kappa shape index (κ2) is 7.01. The fraction of sp³-hybridized carbons (Fsp3) is 0.368. The summed E-state index contributed by atoms with van der Waals surface area (Å²) < 4.78 is 11.6. The lowest BCUT2D eigenvalue weighted by molar-refractivity contribution is -0.0342. The first-order valence-corrected chi connectivity index (χ1v) is 8.06. The Morgan fingerprint density at radius 2 is 1.92 bits per heavy atom. The first-order chi connectivity index (χ1) is 11.6. The first-order valence-electron chi connectivity index (χ1n) is 8.06. The third-order valence-corrected chi connectivity index (χ3v) is 4.49. The molecule has 0 spiro atoms. The molecule has 0 N–H and O–H groups in total. The molecule has 2 heterocycles. The number of likely N-dealkylation sites (tertiary alicyclic amines) is 1. The Kier molecular flexibility index (Phi) is 4.81. The van der Waals surface area contributed by atoms with Gasteiger partial charge in [-0.1, -0.05) is 17.7 Å². The van der Waals surface area contributed by atoms with Crippen molar-refractivity contribution in [3.8, 4) is 5.75 Å². The van der Waals surface area contributed by atoms with Crippen molar-refractivity contribution >= 4 is 5.91 Å². The number of nitrogens with zero attached hydrogens (tertiary/aromatic N) is 2. The molecular formula is C19H22N2O3. The number of rotatable bonds is 5. The number of carbonyl (C=O) groups excluding carboxylic acids is 1. The van der Waals surface area contributed by atoms with Gasteiger partial charge in [-0.2, -0.15) is 0 Å². The van der Waals surface area contributed by atoms with Gasteiger partial charge in [-0.15, -0.1) is 0 Å². The highest BCUT2D eigenvalue weighted by molar-refractivity contribution is 5.94. The highest BCUT2D eigenvalue weighted by Gasteiger charge is 2.41. The first kappa shape index (κ1) is 16.5. The number of methoxy groups -OCH3 is 1. The van der Waals surface area contributed by atoms with Crippen LogP contribution in [0.2, 0.25) is 0 Å². The van der Waals surface area contributed by atoms with E-state index in [1.165, 1.54) is 5.56 Å². The molecule has 0 radical (unpaired) electrons. The number of pyridine rings is 1. The summed E-state index contributed by atoms with van der Waals surface area (Å²) in [6, 6.07) is 11.4. The molecule has 3 rings (SSSR count). The molecule has 0 saturated carbocycles. The molecule has 0 bridgehead atoms. The summed E-state index contributed by atoms with van der Waals surface area (Å²) in [6.45, 7) is 3.65. The second-order valence-corrected chi connectivity index (χ2v) is 6.20. The molecule has 1 saturated heterocycles. The third-order valence-electron chi connectivity index (χ3n) is 4.49. The number of amides is 1. The summed E-state index contributed by atoms with van der Waals surface area (Å²) in [4.78, 5) is 18.3. The van der Waals surface area contributed by atoms with Crippen molar-refractivity contribution in [1.29, 1.82) is 0 Å². The van der Waals surface area contributed by atoms with E-state index in [1.807, 2.05) is 36.1 Å². The quantitative estimate of drug-likeness (QED) is 0.848. The zero-order valence-electron chi connectivity index (χ0n) is 14.1. The molecule has 5 heteroatoms. The fourth-order valence-corrected chi connectivity index (χ4v) is 2.89. The number of aromatic nitrogens is 1. The number of carbonyl (C=O) groups is 1. The number of benzene rings is 1. The Labute approximate surface area is 142 Å². The van der Waals surface area contributed by atoms with Crippen LogP contribution in [0, 0.1) is 6.92 Å². The van der Waals surface area contributed by atoms with Crippen molar-refractivity contribution in [3.63, 3.8) is 0 Å². The molecule has 1 aromatic heterocycles. The van der Waals surface area contributed by atoms with Crippen LogP contribution in [0.15, 0.2) is 48.8 Å². The van der Waals surface area contributed by atoms with Gasteiger partial charge >= 0.3 is 0 Å². The number of hydrogen-bond donors (Lipinski definition) is 0. The van der Waals surface area contributed by atoms with Crippen LogP contribution >= 0.6 is 0 Å². The number of aryl methyl sites for hydroxylation is 1. The average molecular weight is 326 g/mol. The van der Waals surface area contributed by atoms with E-state index in [9.17, 15) is 4.79 Å². The van der Waals surface area contributed by atoms with Crippen LogP contribution < -0.4 is 4.74 Å². The summed E-state index contributed by atoms with van der Waals surface area (Å²) in [5.41, 5.74) is 1.38. The van der Waals surface area contributed by atoms with Gasteiger partial charge in [-0.05, 0) is 37.6 Å². The predicted molar refractivity (Wildman–Crippen MR) is 91.2 cm³/mol. The Morgan fingerprint density at radius 3 is 2.58 bits per heavy atom. The molecule has 0 unspecified atom stereocenters. The lowest BCUT2D eigenvalue weighted by atomic mass is 10.0. The SMILES string of the molecule is CO[C@]1(COc2ccc(C)cc2)CCN(C(=O)c2ccncc2)C1. The van der Waals surface area contributed by atoms with Crippen molar-refractivity contribution in [1.82, 2.24) is 9.88 Å². The van der Waals surface area contributed by atoms with E-state index < -0.39 is 5.60 Å². The Morgan fingerprint density at radius 1 is 1.21 bits per heavy atom. The van der Waals surface area contributed by atoms with Crippen LogP contribution in [0.3, 0.4) is 0 Å². The van der Waals surface area contributed by atoms with Crippen molar-refractivity contribution < 1.29 is 14.3 Å². The monoisotopic (exact) mass is 326 g/mol. The van der Waals surface area contributed by atoms with Crippen molar-refractivity contribution in [3.05, 3.63) is 59.9 Å². The van der Waals surface area contributed by atoms with Crippen LogP contribution in [-0.2, 0) is 4.74 Å². The lowest BCUT2D eigenvalue weighted by Crippen LogP contribution is -2.42. The van der Waals surface area contributed by atoms with Crippen molar-refractivity contribution in [2.24, 2.45) is 0 Å². The standard InChI is InChI=1S/C19H22N2O3/c1-15-3-5-17(6-4-15)24-14-19(23-2)9-12-21(13-19)18(22)16-7-10-20-11-8-16/h3-8,10-11H,9,12-14H2,1-2H3/t19-/m1/s1. The molecule has 1 amide bonds. The van der Waals surface area contributed by atoms with Crippen LogP contribution in [0.5, 0.6) is 5.75 Å². The van der Waals surface area contributed by atoms with Gasteiger partial charge in [0.25, 0.3) is 5.91 Å². The van der Waals surface area contributed by atoms with E-state index in [4.69, 9.17) is 9.47 Å². The highest BCUT2D eigenvalue weighted by atomic mass is 16.5. The van der Waals surface area contributed by atoms with E-state index in [2.05, 4.69) is 4.98 Å². The van der Waals surface area contributed by atoms with E-state index in [-0.39, 0.29) is 5.91 Å². The molecule has 1 aliphatic rings. The summed E-state index contributed by atoms with van der Waals surface area (Å²) in [5.74, 6) is 0.822. The van der Waals surface area contributed by atoms with E-state index in [0.29, 0.717) is 25.3 Å². The summed E-state index contributed by atoms with van der Waals surface area (Å²) in [5, 5.41) is 0. The van der Waals surface area contributed by atoms with E-state index in [0.717, 1.165) is 12.2 Å². The third kappa shape index (κ3) is 3.57. The smallest absolute Gasteiger partial charge is 0.254 e. The molecule has 1 aromatic carbocycles. The average Bonchev–Trinajstić information content (AvgIpc) is 3.06.